The zero-order valence-corrected chi connectivity index (χ0v) is 18.4. The fourth-order valence-corrected chi connectivity index (χ4v) is 3.98. The first-order valence-electron chi connectivity index (χ1n) is 10.1. The van der Waals surface area contributed by atoms with Crippen molar-refractivity contribution in [1.29, 1.82) is 0 Å². The molecule has 0 aromatic heterocycles. The molecule has 7 nitrogen and oxygen atoms in total. The predicted molar refractivity (Wildman–Crippen MR) is 103 cm³/mol. The number of hydrogen-bond donors (Lipinski definition) is 0. The highest BCUT2D eigenvalue weighted by atomic mass is 32.2. The van der Waals surface area contributed by atoms with Gasteiger partial charge >= 0.3 is 21.7 Å². The molecule has 0 saturated carbocycles. The minimum atomic E-state index is -5.63. The van der Waals surface area contributed by atoms with Crippen LogP contribution in [0.1, 0.15) is 59.3 Å². The summed E-state index contributed by atoms with van der Waals surface area (Å²) < 4.78 is 74.7. The fourth-order valence-electron chi connectivity index (χ4n) is 3.45. The molecule has 11 heteroatoms. The van der Waals surface area contributed by atoms with Crippen LogP contribution < -0.4 is 0 Å². The van der Waals surface area contributed by atoms with Gasteiger partial charge in [-0.15, -0.1) is 0 Å². The number of carbonyl (C=O) groups excluding carboxylic acids is 1. The molecule has 2 aliphatic rings. The molecule has 0 aromatic rings. The zero-order valence-electron chi connectivity index (χ0n) is 17.5. The second kappa shape index (κ2) is 9.76. The molecule has 1 heterocycles. The van der Waals surface area contributed by atoms with E-state index >= 15 is 0 Å². The van der Waals surface area contributed by atoms with Crippen molar-refractivity contribution >= 4 is 16.2 Å². The van der Waals surface area contributed by atoms with Gasteiger partial charge in [-0.1, -0.05) is 0 Å². The number of amides is 1. The second-order valence-electron chi connectivity index (χ2n) is 8.60. The lowest BCUT2D eigenvalue weighted by Gasteiger charge is -2.36. The monoisotopic (exact) mass is 457 g/mol. The number of nitrogens with zero attached hydrogens (tertiary/aromatic N) is 1. The van der Waals surface area contributed by atoms with E-state index in [9.17, 15) is 26.4 Å². The van der Waals surface area contributed by atoms with Crippen LogP contribution in [0.15, 0.2) is 11.8 Å². The number of carbonyl (C=O) groups is 1. The SMILES string of the molecule is CC(C)(C)OC(=O)N(CCC1CC=C(OS(=O)(=O)C(F)(F)F)CC1)C1CCOCC1. The molecule has 1 saturated heterocycles. The predicted octanol–water partition coefficient (Wildman–Crippen LogP) is 4.34. The molecule has 1 unspecified atom stereocenters. The molecule has 1 amide bonds. The van der Waals surface area contributed by atoms with Gasteiger partial charge in [-0.3, -0.25) is 0 Å². The van der Waals surface area contributed by atoms with Gasteiger partial charge in [0, 0.05) is 32.2 Å². The van der Waals surface area contributed by atoms with Crippen LogP contribution in [0.3, 0.4) is 0 Å². The smallest absolute Gasteiger partial charge is 0.444 e. The fraction of sp³-hybridized carbons (Fsp3) is 0.842. The first-order valence-corrected chi connectivity index (χ1v) is 11.5. The van der Waals surface area contributed by atoms with E-state index in [0.717, 1.165) is 12.8 Å². The Kier molecular flexibility index (Phi) is 8.06. The van der Waals surface area contributed by atoms with Gasteiger partial charge in [0.25, 0.3) is 0 Å². The van der Waals surface area contributed by atoms with Crippen LogP contribution in [0.4, 0.5) is 18.0 Å². The number of rotatable bonds is 6. The average molecular weight is 458 g/mol. The lowest BCUT2D eigenvalue weighted by Crippen LogP contribution is -2.46. The molecular weight excluding hydrogens is 427 g/mol. The average Bonchev–Trinajstić information content (AvgIpc) is 2.61. The minimum absolute atomic E-state index is 0.0172. The summed E-state index contributed by atoms with van der Waals surface area (Å²) in [6.07, 6.45) is 4.04. The summed E-state index contributed by atoms with van der Waals surface area (Å²) in [4.78, 5) is 14.4. The highest BCUT2D eigenvalue weighted by Crippen LogP contribution is 2.32. The third-order valence-electron chi connectivity index (χ3n) is 5.02. The molecule has 1 fully saturated rings. The van der Waals surface area contributed by atoms with Gasteiger partial charge in [0.15, 0.2) is 0 Å². The van der Waals surface area contributed by atoms with E-state index in [1.54, 1.807) is 25.7 Å². The Labute approximate surface area is 175 Å². The lowest BCUT2D eigenvalue weighted by atomic mass is 9.90. The number of halogens is 3. The molecule has 0 bridgehead atoms. The van der Waals surface area contributed by atoms with Gasteiger partial charge in [0.05, 0.1) is 0 Å². The molecule has 0 aromatic carbocycles. The standard InChI is InChI=1S/C19H30F3NO6S/c1-18(2,3)28-17(24)23(15-9-12-27-13-10-15)11-8-14-4-6-16(7-5-14)29-30(25,26)19(20,21)22/h6,14-15H,4-5,7-13H2,1-3H3. The summed E-state index contributed by atoms with van der Waals surface area (Å²) in [6, 6.07) is 0.0172. The van der Waals surface area contributed by atoms with E-state index in [4.69, 9.17) is 9.47 Å². The van der Waals surface area contributed by atoms with Crippen molar-refractivity contribution in [2.24, 2.45) is 5.92 Å². The topological polar surface area (TPSA) is 82.1 Å². The molecule has 0 N–H and O–H groups in total. The molecule has 30 heavy (non-hydrogen) atoms. The first-order chi connectivity index (χ1) is 13.8. The van der Waals surface area contributed by atoms with E-state index in [1.807, 2.05) is 0 Å². The van der Waals surface area contributed by atoms with Crippen molar-refractivity contribution in [1.82, 2.24) is 4.90 Å². The number of hydrogen-bond acceptors (Lipinski definition) is 6. The molecule has 2 rings (SSSR count). The van der Waals surface area contributed by atoms with Gasteiger partial charge in [-0.05, 0) is 64.9 Å². The van der Waals surface area contributed by atoms with Crippen molar-refractivity contribution in [2.75, 3.05) is 19.8 Å². The number of alkyl halides is 3. The highest BCUT2D eigenvalue weighted by Gasteiger charge is 2.49. The molecule has 0 radical (unpaired) electrons. The van der Waals surface area contributed by atoms with Crippen molar-refractivity contribution in [3.63, 3.8) is 0 Å². The van der Waals surface area contributed by atoms with Crippen molar-refractivity contribution in [2.45, 2.75) is 76.4 Å². The van der Waals surface area contributed by atoms with Crippen LogP contribution in [0, 0.1) is 5.92 Å². The van der Waals surface area contributed by atoms with E-state index in [0.29, 0.717) is 39.0 Å². The van der Waals surface area contributed by atoms with Crippen LogP contribution in [-0.2, 0) is 23.8 Å². The zero-order chi connectivity index (χ0) is 22.6. The van der Waals surface area contributed by atoms with Gasteiger partial charge in [0.2, 0.25) is 0 Å². The Morgan fingerprint density at radius 1 is 1.20 bits per heavy atom. The number of allylic oxidation sites excluding steroid dienone is 2. The Morgan fingerprint density at radius 3 is 2.33 bits per heavy atom. The first kappa shape index (κ1) is 24.8. The number of ether oxygens (including phenoxy) is 2. The molecule has 1 atom stereocenters. The van der Waals surface area contributed by atoms with Crippen LogP contribution in [0.2, 0.25) is 0 Å². The molecule has 1 aliphatic heterocycles. The Hall–Kier alpha value is -1.49. The second-order valence-corrected chi connectivity index (χ2v) is 10.1. The lowest BCUT2D eigenvalue weighted by molar-refractivity contribution is -0.0524. The summed E-state index contributed by atoms with van der Waals surface area (Å²) in [5, 5.41) is 0. The van der Waals surface area contributed by atoms with Gasteiger partial charge < -0.3 is 18.6 Å². The van der Waals surface area contributed by atoms with E-state index in [-0.39, 0.29) is 30.2 Å². The molecule has 0 spiro atoms. The summed E-state index contributed by atoms with van der Waals surface area (Å²) in [6.45, 7) is 7.00. The summed E-state index contributed by atoms with van der Waals surface area (Å²) in [7, 11) is -5.63. The third-order valence-corrected chi connectivity index (χ3v) is 6.02. The van der Waals surface area contributed by atoms with Crippen LogP contribution >= 0.6 is 0 Å². The molecule has 174 valence electrons. The van der Waals surface area contributed by atoms with Crippen molar-refractivity contribution in [3.05, 3.63) is 11.8 Å². The highest BCUT2D eigenvalue weighted by molar-refractivity contribution is 7.87. The van der Waals surface area contributed by atoms with E-state index in [1.165, 1.54) is 6.08 Å². The maximum absolute atomic E-state index is 12.7. The largest absolute Gasteiger partial charge is 0.534 e. The van der Waals surface area contributed by atoms with Gasteiger partial charge in [0.1, 0.15) is 11.4 Å². The quantitative estimate of drug-likeness (QED) is 0.436. The van der Waals surface area contributed by atoms with E-state index < -0.39 is 21.2 Å². The Balaban J connectivity index is 1.94. The summed E-state index contributed by atoms with van der Waals surface area (Å²) in [5.41, 5.74) is -6.06. The summed E-state index contributed by atoms with van der Waals surface area (Å²) in [5.74, 6) is -0.0762. The van der Waals surface area contributed by atoms with Gasteiger partial charge in [-0.25, -0.2) is 4.79 Å². The van der Waals surface area contributed by atoms with Crippen molar-refractivity contribution in [3.8, 4) is 0 Å². The maximum Gasteiger partial charge on any atom is 0.534 e. The van der Waals surface area contributed by atoms with Gasteiger partial charge in [-0.2, -0.15) is 21.6 Å². The Morgan fingerprint density at radius 2 is 1.83 bits per heavy atom. The molecule has 1 aliphatic carbocycles. The van der Waals surface area contributed by atoms with Crippen LogP contribution in [0.5, 0.6) is 0 Å². The minimum Gasteiger partial charge on any atom is -0.444 e. The van der Waals surface area contributed by atoms with Crippen LogP contribution in [-0.4, -0.2) is 56.3 Å². The van der Waals surface area contributed by atoms with E-state index in [2.05, 4.69) is 4.18 Å². The molecular formula is C19H30F3NO6S. The van der Waals surface area contributed by atoms with Crippen molar-refractivity contribution < 1.29 is 40.0 Å². The maximum atomic E-state index is 12.7. The Bertz CT molecular complexity index is 724. The summed E-state index contributed by atoms with van der Waals surface area (Å²) >= 11 is 0. The normalized spacial score (nSPS) is 21.7. The third kappa shape index (κ3) is 7.33. The van der Waals surface area contributed by atoms with Crippen LogP contribution in [0.25, 0.3) is 0 Å².